The van der Waals surface area contributed by atoms with Crippen molar-refractivity contribution in [3.8, 4) is 0 Å². The minimum atomic E-state index is -1.40. The fourth-order valence-electron chi connectivity index (χ4n) is 3.56. The summed E-state index contributed by atoms with van der Waals surface area (Å²) in [5, 5.41) is 18.5. The van der Waals surface area contributed by atoms with Crippen molar-refractivity contribution in [3.05, 3.63) is 44.4 Å². The van der Waals surface area contributed by atoms with Gasteiger partial charge in [0.1, 0.15) is 17.9 Å². The van der Waals surface area contributed by atoms with E-state index in [1.54, 1.807) is 47.9 Å². The van der Waals surface area contributed by atoms with E-state index in [4.69, 9.17) is 0 Å². The normalized spacial score (nSPS) is 14.7. The molecule has 0 spiro atoms. The highest BCUT2D eigenvalue weighted by Crippen LogP contribution is 2.37. The number of hydrogen-bond acceptors (Lipinski definition) is 7. The van der Waals surface area contributed by atoms with Crippen LogP contribution < -0.4 is 11.1 Å². The van der Waals surface area contributed by atoms with Crippen LogP contribution in [0.1, 0.15) is 29.2 Å². The Labute approximate surface area is 169 Å². The van der Waals surface area contributed by atoms with Crippen LogP contribution in [0.4, 0.5) is 4.39 Å². The molecule has 4 rings (SSSR count). The first-order valence-electron chi connectivity index (χ1n) is 9.34. The van der Waals surface area contributed by atoms with Gasteiger partial charge in [0.15, 0.2) is 11.5 Å². The number of fused-ring (bicyclic) bond motifs is 3. The van der Waals surface area contributed by atoms with Crippen LogP contribution in [-0.4, -0.2) is 73.2 Å². The van der Waals surface area contributed by atoms with Crippen molar-refractivity contribution in [2.45, 2.75) is 25.6 Å². The van der Waals surface area contributed by atoms with Gasteiger partial charge >= 0.3 is 11.7 Å². The number of hydrogen-bond donors (Lipinski definition) is 1. The van der Waals surface area contributed by atoms with E-state index < -0.39 is 28.5 Å². The predicted octanol–water partition coefficient (Wildman–Crippen LogP) is 0.196. The summed E-state index contributed by atoms with van der Waals surface area (Å²) >= 11 is 0. The Morgan fingerprint density at radius 3 is 2.40 bits per heavy atom. The molecule has 1 N–H and O–H groups in total. The molecule has 3 aromatic rings. The van der Waals surface area contributed by atoms with Crippen molar-refractivity contribution in [2.75, 3.05) is 28.2 Å². The summed E-state index contributed by atoms with van der Waals surface area (Å²) in [6.45, 7) is 0.0162. The molecule has 12 heteroatoms. The van der Waals surface area contributed by atoms with Crippen LogP contribution in [0.5, 0.6) is 0 Å². The zero-order valence-electron chi connectivity index (χ0n) is 17.0. The van der Waals surface area contributed by atoms with Gasteiger partial charge in [-0.1, -0.05) is 0 Å². The second kappa shape index (κ2) is 7.00. The third-order valence-electron chi connectivity index (χ3n) is 5.13. The summed E-state index contributed by atoms with van der Waals surface area (Å²) in [4.78, 5) is 37.4. The molecule has 1 fully saturated rings. The van der Waals surface area contributed by atoms with Gasteiger partial charge in [-0.05, 0) is 18.9 Å². The molecule has 0 bridgehead atoms. The molecule has 30 heavy (non-hydrogen) atoms. The van der Waals surface area contributed by atoms with Crippen LogP contribution in [0.2, 0.25) is 0 Å². The predicted molar refractivity (Wildman–Crippen MR) is 106 cm³/mol. The van der Waals surface area contributed by atoms with E-state index >= 15 is 0 Å². The lowest BCUT2D eigenvalue weighted by molar-refractivity contribution is -0.159. The molecular formula is C18H22FN7O4. The highest BCUT2D eigenvalue weighted by molar-refractivity contribution is 5.92. The van der Waals surface area contributed by atoms with Gasteiger partial charge in [0.2, 0.25) is 5.43 Å². The Hall–Kier alpha value is -3.09. The standard InChI is InChI=1S/C18H22FN7O4/c1-21(2)25(22(3)4)9-24-18(30)26-15(20-24)13(19)7-11-14(27)12(17(28)29)8-23(16(11)26)10-5-6-10/h7-8,10H,5-6,9H2,1-4H3,(H,28,29). The number of nitrogens with zero attached hydrogens (tertiary/aromatic N) is 7. The number of pyridine rings is 2. The van der Waals surface area contributed by atoms with Gasteiger partial charge in [-0.15, -0.1) is 5.10 Å². The highest BCUT2D eigenvalue weighted by atomic mass is 19.1. The van der Waals surface area contributed by atoms with Crippen LogP contribution in [-0.2, 0) is 6.67 Å². The lowest BCUT2D eigenvalue weighted by Gasteiger charge is -2.33. The molecule has 1 saturated carbocycles. The highest BCUT2D eigenvalue weighted by Gasteiger charge is 2.30. The van der Waals surface area contributed by atoms with Crippen LogP contribution in [0, 0.1) is 5.82 Å². The van der Waals surface area contributed by atoms with Gasteiger partial charge in [0, 0.05) is 40.4 Å². The van der Waals surface area contributed by atoms with Gasteiger partial charge in [-0.3, -0.25) is 4.79 Å². The Morgan fingerprint density at radius 2 is 1.87 bits per heavy atom. The lowest BCUT2D eigenvalue weighted by atomic mass is 10.2. The van der Waals surface area contributed by atoms with Crippen LogP contribution >= 0.6 is 0 Å². The molecule has 0 atom stereocenters. The van der Waals surface area contributed by atoms with Gasteiger partial charge in [0.05, 0.1) is 5.39 Å². The Balaban J connectivity index is 2.06. The number of carbonyl (C=O) groups is 1. The molecule has 11 nitrogen and oxygen atoms in total. The first-order valence-corrected chi connectivity index (χ1v) is 9.34. The monoisotopic (exact) mass is 419 g/mol. The molecule has 0 amide bonds. The maximum Gasteiger partial charge on any atom is 0.353 e. The maximum atomic E-state index is 14.9. The summed E-state index contributed by atoms with van der Waals surface area (Å²) in [5.41, 5.74) is -1.98. The van der Waals surface area contributed by atoms with E-state index in [-0.39, 0.29) is 29.4 Å². The molecule has 3 heterocycles. The minimum Gasteiger partial charge on any atom is -0.477 e. The van der Waals surface area contributed by atoms with E-state index in [2.05, 4.69) is 5.10 Å². The second-order valence-corrected chi connectivity index (χ2v) is 7.69. The molecule has 1 aliphatic rings. The molecule has 160 valence electrons. The van der Waals surface area contributed by atoms with Crippen LogP contribution in [0.15, 0.2) is 21.9 Å². The van der Waals surface area contributed by atoms with Crippen molar-refractivity contribution in [1.82, 2.24) is 33.9 Å². The average molecular weight is 419 g/mol. The first kappa shape index (κ1) is 20.2. The number of carboxylic acid groups (broad SMARTS) is 1. The van der Waals surface area contributed by atoms with Gasteiger partial charge in [-0.25, -0.2) is 28.4 Å². The summed E-state index contributed by atoms with van der Waals surface area (Å²) in [7, 11) is 7.15. The molecular weight excluding hydrogens is 397 g/mol. The first-order chi connectivity index (χ1) is 14.1. The number of aromatic nitrogens is 4. The van der Waals surface area contributed by atoms with Gasteiger partial charge in [-0.2, -0.15) is 9.80 Å². The summed E-state index contributed by atoms with van der Waals surface area (Å²) in [6, 6.07) is 0.903. The van der Waals surface area contributed by atoms with E-state index in [1.807, 2.05) is 0 Å². The number of aromatic carboxylic acids is 1. The fourth-order valence-corrected chi connectivity index (χ4v) is 3.56. The van der Waals surface area contributed by atoms with Crippen molar-refractivity contribution in [1.29, 1.82) is 0 Å². The van der Waals surface area contributed by atoms with E-state index in [0.717, 1.165) is 28.0 Å². The maximum absolute atomic E-state index is 14.9. The van der Waals surface area contributed by atoms with E-state index in [0.29, 0.717) is 0 Å². The topological polar surface area (TPSA) is 108 Å². The molecule has 0 unspecified atom stereocenters. The van der Waals surface area contributed by atoms with Crippen LogP contribution in [0.3, 0.4) is 0 Å². The molecule has 0 aromatic carbocycles. The quantitative estimate of drug-likeness (QED) is 0.565. The lowest BCUT2D eigenvalue weighted by Crippen LogP contribution is -2.48. The largest absolute Gasteiger partial charge is 0.477 e. The fraction of sp³-hybridized carbons (Fsp3) is 0.444. The Morgan fingerprint density at radius 1 is 1.23 bits per heavy atom. The van der Waals surface area contributed by atoms with Crippen molar-refractivity contribution in [2.24, 2.45) is 0 Å². The van der Waals surface area contributed by atoms with Gasteiger partial charge in [0.25, 0.3) is 0 Å². The SMILES string of the molecule is CN(C)N(Cn1nc2c(F)cc3c(=O)c(C(=O)O)cn(C4CC4)c3n2c1=O)N(C)C. The summed E-state index contributed by atoms with van der Waals surface area (Å²) in [5.74, 6) is -2.27. The zero-order valence-corrected chi connectivity index (χ0v) is 17.0. The minimum absolute atomic E-state index is 0.0162. The number of rotatable bonds is 6. The smallest absolute Gasteiger partial charge is 0.353 e. The van der Waals surface area contributed by atoms with Crippen molar-refractivity contribution < 1.29 is 14.3 Å². The zero-order chi connectivity index (χ0) is 21.9. The third-order valence-corrected chi connectivity index (χ3v) is 5.13. The number of carboxylic acids is 1. The van der Waals surface area contributed by atoms with E-state index in [1.165, 1.54) is 6.20 Å². The molecule has 3 aromatic heterocycles. The van der Waals surface area contributed by atoms with Crippen molar-refractivity contribution in [3.63, 3.8) is 0 Å². The molecule has 0 radical (unpaired) electrons. The molecule has 0 aliphatic heterocycles. The molecule has 1 aliphatic carbocycles. The van der Waals surface area contributed by atoms with Crippen LogP contribution in [0.25, 0.3) is 16.7 Å². The van der Waals surface area contributed by atoms with Crippen molar-refractivity contribution >= 4 is 22.6 Å². The van der Waals surface area contributed by atoms with E-state index in [9.17, 15) is 23.9 Å². The van der Waals surface area contributed by atoms with Gasteiger partial charge < -0.3 is 9.67 Å². The Kier molecular flexibility index (Phi) is 4.71. The second-order valence-electron chi connectivity index (χ2n) is 7.69. The Bertz CT molecular complexity index is 1280. The average Bonchev–Trinajstić information content (AvgIpc) is 3.44. The number of hydrazine groups is 2. The summed E-state index contributed by atoms with van der Waals surface area (Å²) in [6.07, 6.45) is 2.78. The third kappa shape index (κ3) is 3.09. The summed E-state index contributed by atoms with van der Waals surface area (Å²) < 4.78 is 18.6. The molecule has 0 saturated heterocycles. The number of halogens is 1.